The Kier molecular flexibility index (Phi) is 6.08. The summed E-state index contributed by atoms with van der Waals surface area (Å²) in [4.78, 5) is 23.6. The average Bonchev–Trinajstić information content (AvgIpc) is 2.99. The molecule has 0 saturated carbocycles. The normalized spacial score (nSPS) is 13.1. The van der Waals surface area contributed by atoms with E-state index in [1.807, 2.05) is 30.3 Å². The van der Waals surface area contributed by atoms with Crippen molar-refractivity contribution in [3.8, 4) is 0 Å². The minimum Gasteiger partial charge on any atom is -0.467 e. The zero-order chi connectivity index (χ0) is 17.5. The number of nitrogens with zero attached hydrogens (tertiary/aromatic N) is 2. The molecule has 0 radical (unpaired) electrons. The number of benzene rings is 1. The molecular weight excluding hydrogens is 310 g/mol. The molecule has 7 nitrogen and oxygen atoms in total. The molecular formula is C17H21N3O4. The molecule has 2 rings (SSSR count). The van der Waals surface area contributed by atoms with Crippen molar-refractivity contribution in [2.75, 3.05) is 7.11 Å². The van der Waals surface area contributed by atoms with E-state index in [1.54, 1.807) is 17.1 Å². The van der Waals surface area contributed by atoms with Crippen molar-refractivity contribution < 1.29 is 19.4 Å². The van der Waals surface area contributed by atoms with Crippen molar-refractivity contribution in [3.63, 3.8) is 0 Å². The van der Waals surface area contributed by atoms with Gasteiger partial charge in [-0.1, -0.05) is 30.3 Å². The van der Waals surface area contributed by atoms with E-state index in [0.29, 0.717) is 6.54 Å². The SMILES string of the molecule is COC(=O)[C@@H](NC(=O)Cc1cnn(Cc2ccccc2)c1)[C@@H](C)O. The van der Waals surface area contributed by atoms with Crippen LogP contribution in [0.2, 0.25) is 0 Å². The van der Waals surface area contributed by atoms with Crippen LogP contribution in [-0.2, 0) is 27.3 Å². The van der Waals surface area contributed by atoms with Gasteiger partial charge in [-0.05, 0) is 18.1 Å². The summed E-state index contributed by atoms with van der Waals surface area (Å²) >= 11 is 0. The third-order valence-corrected chi connectivity index (χ3v) is 3.49. The zero-order valence-electron chi connectivity index (χ0n) is 13.7. The van der Waals surface area contributed by atoms with Crippen LogP contribution in [0.1, 0.15) is 18.1 Å². The summed E-state index contributed by atoms with van der Waals surface area (Å²) in [6.07, 6.45) is 2.41. The molecule has 0 saturated heterocycles. The van der Waals surface area contributed by atoms with Crippen molar-refractivity contribution >= 4 is 11.9 Å². The second-order valence-electron chi connectivity index (χ2n) is 5.52. The van der Waals surface area contributed by atoms with Crippen LogP contribution < -0.4 is 5.32 Å². The Balaban J connectivity index is 1.93. The lowest BCUT2D eigenvalue weighted by Gasteiger charge is -2.18. The van der Waals surface area contributed by atoms with Crippen molar-refractivity contribution in [2.24, 2.45) is 0 Å². The molecule has 1 amide bonds. The topological polar surface area (TPSA) is 93.5 Å². The Morgan fingerprint density at radius 2 is 2.00 bits per heavy atom. The van der Waals surface area contributed by atoms with E-state index in [-0.39, 0.29) is 12.3 Å². The maximum absolute atomic E-state index is 12.0. The third-order valence-electron chi connectivity index (χ3n) is 3.49. The van der Waals surface area contributed by atoms with Gasteiger partial charge in [0.05, 0.1) is 32.4 Å². The number of carbonyl (C=O) groups is 2. The number of amides is 1. The van der Waals surface area contributed by atoms with E-state index in [2.05, 4.69) is 15.2 Å². The predicted octanol–water partition coefficient (Wildman–Crippen LogP) is 0.512. The molecule has 24 heavy (non-hydrogen) atoms. The Bertz CT molecular complexity index is 682. The molecule has 2 atom stereocenters. The van der Waals surface area contributed by atoms with Crippen LogP contribution in [0.15, 0.2) is 42.7 Å². The van der Waals surface area contributed by atoms with Gasteiger partial charge >= 0.3 is 5.97 Å². The standard InChI is InChI=1S/C17H21N3O4/c1-12(21)16(17(23)24-2)19-15(22)8-14-9-18-20(11-14)10-13-6-4-3-5-7-13/h3-7,9,11-12,16,21H,8,10H2,1-2H3,(H,19,22)/t12-,16+/m1/s1. The van der Waals surface area contributed by atoms with Gasteiger partial charge in [0.25, 0.3) is 0 Å². The molecule has 0 bridgehead atoms. The minimum atomic E-state index is -1.08. The first kappa shape index (κ1) is 17.7. The molecule has 0 aliphatic heterocycles. The molecule has 128 valence electrons. The van der Waals surface area contributed by atoms with Crippen molar-refractivity contribution in [2.45, 2.75) is 32.0 Å². The number of esters is 1. The summed E-state index contributed by atoms with van der Waals surface area (Å²) < 4.78 is 6.31. The number of nitrogens with one attached hydrogen (secondary N) is 1. The van der Waals surface area contributed by atoms with Crippen LogP contribution in [0.25, 0.3) is 0 Å². The molecule has 2 N–H and O–H groups in total. The summed E-state index contributed by atoms with van der Waals surface area (Å²) in [5.41, 5.74) is 1.83. The summed E-state index contributed by atoms with van der Waals surface area (Å²) in [6.45, 7) is 2.03. The van der Waals surface area contributed by atoms with Gasteiger partial charge in [-0.15, -0.1) is 0 Å². The van der Waals surface area contributed by atoms with E-state index in [4.69, 9.17) is 0 Å². The van der Waals surface area contributed by atoms with Gasteiger partial charge in [0.1, 0.15) is 0 Å². The number of rotatable bonds is 7. The second kappa shape index (κ2) is 8.26. The van der Waals surface area contributed by atoms with Crippen LogP contribution in [0.3, 0.4) is 0 Å². The molecule has 2 aromatic rings. The van der Waals surface area contributed by atoms with Crippen LogP contribution in [0.4, 0.5) is 0 Å². The number of aliphatic hydroxyl groups is 1. The van der Waals surface area contributed by atoms with Crippen LogP contribution in [-0.4, -0.2) is 46.0 Å². The van der Waals surface area contributed by atoms with E-state index in [9.17, 15) is 14.7 Å². The Hall–Kier alpha value is -2.67. The first-order chi connectivity index (χ1) is 11.5. The van der Waals surface area contributed by atoms with Gasteiger partial charge < -0.3 is 15.2 Å². The summed E-state index contributed by atoms with van der Waals surface area (Å²) in [6, 6.07) is 8.77. The molecule has 1 heterocycles. The summed E-state index contributed by atoms with van der Waals surface area (Å²) in [5, 5.41) is 16.3. The molecule has 0 fully saturated rings. The molecule has 1 aromatic carbocycles. The monoisotopic (exact) mass is 331 g/mol. The van der Waals surface area contributed by atoms with Gasteiger partial charge in [0, 0.05) is 6.20 Å². The van der Waals surface area contributed by atoms with Crippen molar-refractivity contribution in [1.82, 2.24) is 15.1 Å². The van der Waals surface area contributed by atoms with E-state index < -0.39 is 18.1 Å². The number of hydrogen-bond donors (Lipinski definition) is 2. The molecule has 1 aromatic heterocycles. The van der Waals surface area contributed by atoms with Crippen LogP contribution in [0, 0.1) is 0 Å². The number of aromatic nitrogens is 2. The number of carbonyl (C=O) groups excluding carboxylic acids is 2. The van der Waals surface area contributed by atoms with Gasteiger partial charge in [-0.3, -0.25) is 9.48 Å². The number of methoxy groups -OCH3 is 1. The minimum absolute atomic E-state index is 0.0645. The van der Waals surface area contributed by atoms with E-state index in [0.717, 1.165) is 11.1 Å². The fourth-order valence-corrected chi connectivity index (χ4v) is 2.27. The highest BCUT2D eigenvalue weighted by atomic mass is 16.5. The number of aliphatic hydroxyl groups excluding tert-OH is 1. The van der Waals surface area contributed by atoms with Gasteiger partial charge in [0.2, 0.25) is 5.91 Å². The molecule has 0 spiro atoms. The van der Waals surface area contributed by atoms with Crippen LogP contribution >= 0.6 is 0 Å². The lowest BCUT2D eigenvalue weighted by Crippen LogP contribution is -2.48. The quantitative estimate of drug-likeness (QED) is 0.721. The molecule has 0 aliphatic carbocycles. The summed E-state index contributed by atoms with van der Waals surface area (Å²) in [7, 11) is 1.21. The maximum Gasteiger partial charge on any atom is 0.331 e. The highest BCUT2D eigenvalue weighted by Crippen LogP contribution is 2.05. The fourth-order valence-electron chi connectivity index (χ4n) is 2.27. The molecule has 0 unspecified atom stereocenters. The van der Waals surface area contributed by atoms with Crippen molar-refractivity contribution in [3.05, 3.63) is 53.9 Å². The number of hydrogen-bond acceptors (Lipinski definition) is 5. The fraction of sp³-hybridized carbons (Fsp3) is 0.353. The van der Waals surface area contributed by atoms with E-state index >= 15 is 0 Å². The third kappa shape index (κ3) is 4.92. The predicted molar refractivity (Wildman–Crippen MR) is 87.1 cm³/mol. The maximum atomic E-state index is 12.0. The lowest BCUT2D eigenvalue weighted by molar-refractivity contribution is -0.148. The largest absolute Gasteiger partial charge is 0.467 e. The zero-order valence-corrected chi connectivity index (χ0v) is 13.7. The Labute approximate surface area is 140 Å². The number of ether oxygens (including phenoxy) is 1. The first-order valence-corrected chi connectivity index (χ1v) is 7.60. The molecule has 7 heteroatoms. The Morgan fingerprint density at radius 1 is 1.29 bits per heavy atom. The Morgan fingerprint density at radius 3 is 2.62 bits per heavy atom. The highest BCUT2D eigenvalue weighted by molar-refractivity contribution is 5.85. The highest BCUT2D eigenvalue weighted by Gasteiger charge is 2.26. The smallest absolute Gasteiger partial charge is 0.331 e. The lowest BCUT2D eigenvalue weighted by atomic mass is 10.1. The first-order valence-electron chi connectivity index (χ1n) is 7.60. The molecule has 0 aliphatic rings. The van der Waals surface area contributed by atoms with Gasteiger partial charge in [0.15, 0.2) is 6.04 Å². The average molecular weight is 331 g/mol. The van der Waals surface area contributed by atoms with E-state index in [1.165, 1.54) is 14.0 Å². The van der Waals surface area contributed by atoms with Crippen LogP contribution in [0.5, 0.6) is 0 Å². The van der Waals surface area contributed by atoms with Crippen molar-refractivity contribution in [1.29, 1.82) is 0 Å². The summed E-state index contributed by atoms with van der Waals surface area (Å²) in [5.74, 6) is -1.07. The van der Waals surface area contributed by atoms with Gasteiger partial charge in [-0.25, -0.2) is 4.79 Å². The second-order valence-corrected chi connectivity index (χ2v) is 5.52. The van der Waals surface area contributed by atoms with Gasteiger partial charge in [-0.2, -0.15) is 5.10 Å².